The van der Waals surface area contributed by atoms with Crippen molar-refractivity contribution >= 4 is 39.1 Å². The number of halogens is 1. The number of benzene rings is 2. The van der Waals surface area contributed by atoms with Gasteiger partial charge in [-0.3, -0.25) is 9.59 Å². The van der Waals surface area contributed by atoms with Crippen molar-refractivity contribution in [3.05, 3.63) is 58.6 Å². The zero-order valence-electron chi connectivity index (χ0n) is 12.7. The minimum atomic E-state index is -0.0971. The maximum atomic E-state index is 12.5. The standard InChI is InChI=1S/C17H17BrN2O2/c1-12(21)19(2)13-8-10-14(11-9-13)20(3)17(22)15-6-4-5-7-16(15)18/h4-11H,1-3H3. The van der Waals surface area contributed by atoms with E-state index in [9.17, 15) is 9.59 Å². The van der Waals surface area contributed by atoms with Gasteiger partial charge < -0.3 is 9.80 Å². The Kier molecular flexibility index (Phi) is 4.98. The van der Waals surface area contributed by atoms with Gasteiger partial charge in [0, 0.05) is 36.9 Å². The van der Waals surface area contributed by atoms with Crippen molar-refractivity contribution in [2.45, 2.75) is 6.92 Å². The molecule has 0 aliphatic heterocycles. The summed E-state index contributed by atoms with van der Waals surface area (Å²) in [5.41, 5.74) is 2.16. The van der Waals surface area contributed by atoms with Gasteiger partial charge >= 0.3 is 0 Å². The minimum Gasteiger partial charge on any atom is -0.316 e. The molecule has 0 spiro atoms. The highest BCUT2D eigenvalue weighted by atomic mass is 79.9. The van der Waals surface area contributed by atoms with E-state index in [1.807, 2.05) is 42.5 Å². The Labute approximate surface area is 138 Å². The van der Waals surface area contributed by atoms with E-state index < -0.39 is 0 Å². The van der Waals surface area contributed by atoms with Crippen LogP contribution in [0.5, 0.6) is 0 Å². The lowest BCUT2D eigenvalue weighted by Gasteiger charge is -2.20. The molecule has 2 rings (SSSR count). The highest BCUT2D eigenvalue weighted by Gasteiger charge is 2.16. The van der Waals surface area contributed by atoms with Crippen LogP contribution in [-0.2, 0) is 4.79 Å². The molecule has 0 atom stereocenters. The van der Waals surface area contributed by atoms with Gasteiger partial charge in [-0.1, -0.05) is 12.1 Å². The quantitative estimate of drug-likeness (QED) is 0.836. The van der Waals surface area contributed by atoms with Crippen LogP contribution in [0.25, 0.3) is 0 Å². The normalized spacial score (nSPS) is 10.2. The SMILES string of the molecule is CC(=O)N(C)c1ccc(N(C)C(=O)c2ccccc2Br)cc1. The summed E-state index contributed by atoms with van der Waals surface area (Å²) in [4.78, 5) is 27.0. The van der Waals surface area contributed by atoms with Crippen LogP contribution in [0.1, 0.15) is 17.3 Å². The van der Waals surface area contributed by atoms with Gasteiger partial charge in [-0.25, -0.2) is 0 Å². The summed E-state index contributed by atoms with van der Waals surface area (Å²) in [6.07, 6.45) is 0. The first-order valence-corrected chi connectivity index (χ1v) is 7.58. The van der Waals surface area contributed by atoms with E-state index in [1.165, 1.54) is 6.92 Å². The van der Waals surface area contributed by atoms with Crippen LogP contribution < -0.4 is 9.80 Å². The summed E-state index contributed by atoms with van der Waals surface area (Å²) in [6.45, 7) is 1.51. The van der Waals surface area contributed by atoms with Crippen LogP contribution in [0.3, 0.4) is 0 Å². The zero-order valence-corrected chi connectivity index (χ0v) is 14.3. The number of hydrogen-bond donors (Lipinski definition) is 0. The molecule has 2 aromatic carbocycles. The lowest BCUT2D eigenvalue weighted by atomic mass is 10.2. The monoisotopic (exact) mass is 360 g/mol. The van der Waals surface area contributed by atoms with Gasteiger partial charge in [0.05, 0.1) is 5.56 Å². The lowest BCUT2D eigenvalue weighted by molar-refractivity contribution is -0.116. The summed E-state index contributed by atoms with van der Waals surface area (Å²) < 4.78 is 0.764. The zero-order chi connectivity index (χ0) is 16.3. The Morgan fingerprint density at radius 2 is 1.36 bits per heavy atom. The fourth-order valence-corrected chi connectivity index (χ4v) is 2.47. The third-order valence-corrected chi connectivity index (χ3v) is 4.20. The van der Waals surface area contributed by atoms with Gasteiger partial charge in [-0.2, -0.15) is 0 Å². The molecule has 5 heteroatoms. The highest BCUT2D eigenvalue weighted by molar-refractivity contribution is 9.10. The average molecular weight is 361 g/mol. The van der Waals surface area contributed by atoms with Crippen molar-refractivity contribution < 1.29 is 9.59 Å². The number of carbonyl (C=O) groups excluding carboxylic acids is 2. The van der Waals surface area contributed by atoms with Crippen molar-refractivity contribution in [2.24, 2.45) is 0 Å². The third-order valence-electron chi connectivity index (χ3n) is 3.51. The fourth-order valence-electron chi connectivity index (χ4n) is 2.01. The van der Waals surface area contributed by atoms with Crippen LogP contribution in [0.2, 0.25) is 0 Å². The van der Waals surface area contributed by atoms with Crippen molar-refractivity contribution in [1.82, 2.24) is 0 Å². The highest BCUT2D eigenvalue weighted by Crippen LogP contribution is 2.23. The number of carbonyl (C=O) groups is 2. The predicted molar refractivity (Wildman–Crippen MR) is 92.4 cm³/mol. The number of hydrogen-bond acceptors (Lipinski definition) is 2. The van der Waals surface area contributed by atoms with Crippen LogP contribution in [-0.4, -0.2) is 25.9 Å². The summed E-state index contributed by atoms with van der Waals surface area (Å²) in [5.74, 6) is -0.134. The number of amides is 2. The lowest BCUT2D eigenvalue weighted by Crippen LogP contribution is -2.27. The molecule has 0 N–H and O–H groups in total. The van der Waals surface area contributed by atoms with Gasteiger partial charge in [0.1, 0.15) is 0 Å². The number of anilines is 2. The van der Waals surface area contributed by atoms with E-state index in [4.69, 9.17) is 0 Å². The molecule has 0 aromatic heterocycles. The van der Waals surface area contributed by atoms with Gasteiger partial charge in [0.2, 0.25) is 5.91 Å². The van der Waals surface area contributed by atoms with Crippen LogP contribution in [0, 0.1) is 0 Å². The number of nitrogens with zero attached hydrogens (tertiary/aromatic N) is 2. The molecule has 0 aliphatic rings. The van der Waals surface area contributed by atoms with Crippen molar-refractivity contribution in [2.75, 3.05) is 23.9 Å². The second kappa shape index (κ2) is 6.75. The maximum absolute atomic E-state index is 12.5. The van der Waals surface area contributed by atoms with Crippen molar-refractivity contribution in [3.63, 3.8) is 0 Å². The second-order valence-electron chi connectivity index (χ2n) is 4.94. The fraction of sp³-hybridized carbons (Fsp3) is 0.176. The predicted octanol–water partition coefficient (Wildman–Crippen LogP) is 3.71. The Bertz CT molecular complexity index is 698. The molecule has 0 unspecified atom stereocenters. The molecule has 4 nitrogen and oxygen atoms in total. The molecule has 22 heavy (non-hydrogen) atoms. The molecule has 0 saturated carbocycles. The Morgan fingerprint density at radius 1 is 0.864 bits per heavy atom. The van der Waals surface area contributed by atoms with Crippen LogP contribution in [0.4, 0.5) is 11.4 Å². The Morgan fingerprint density at radius 3 is 1.86 bits per heavy atom. The van der Waals surface area contributed by atoms with E-state index in [2.05, 4.69) is 15.9 Å². The number of rotatable bonds is 3. The molecule has 0 bridgehead atoms. The molecule has 0 saturated heterocycles. The summed E-state index contributed by atoms with van der Waals surface area (Å²) in [6, 6.07) is 14.6. The first-order chi connectivity index (χ1) is 10.4. The van der Waals surface area contributed by atoms with Gasteiger partial charge in [-0.05, 0) is 52.3 Å². The molecule has 114 valence electrons. The summed E-state index contributed by atoms with van der Waals surface area (Å²) >= 11 is 3.39. The summed E-state index contributed by atoms with van der Waals surface area (Å²) in [7, 11) is 3.44. The third kappa shape index (κ3) is 3.36. The molecule has 0 aliphatic carbocycles. The maximum Gasteiger partial charge on any atom is 0.259 e. The Balaban J connectivity index is 2.23. The molecule has 0 fully saturated rings. The second-order valence-corrected chi connectivity index (χ2v) is 5.79. The molecule has 2 amide bonds. The van der Waals surface area contributed by atoms with Crippen molar-refractivity contribution in [3.8, 4) is 0 Å². The van der Waals surface area contributed by atoms with E-state index in [1.54, 1.807) is 30.0 Å². The smallest absolute Gasteiger partial charge is 0.259 e. The largest absolute Gasteiger partial charge is 0.316 e. The van der Waals surface area contributed by atoms with E-state index in [0.717, 1.165) is 15.8 Å². The first-order valence-electron chi connectivity index (χ1n) is 6.78. The van der Waals surface area contributed by atoms with Crippen molar-refractivity contribution in [1.29, 1.82) is 0 Å². The van der Waals surface area contributed by atoms with Gasteiger partial charge in [-0.15, -0.1) is 0 Å². The molecular weight excluding hydrogens is 344 g/mol. The topological polar surface area (TPSA) is 40.6 Å². The van der Waals surface area contributed by atoms with E-state index in [-0.39, 0.29) is 11.8 Å². The molecule has 0 radical (unpaired) electrons. The minimum absolute atomic E-state index is 0.0367. The molecule has 2 aromatic rings. The van der Waals surface area contributed by atoms with Crippen LogP contribution in [0.15, 0.2) is 53.0 Å². The first kappa shape index (κ1) is 16.2. The van der Waals surface area contributed by atoms with Crippen LogP contribution >= 0.6 is 15.9 Å². The van der Waals surface area contributed by atoms with Gasteiger partial charge in [0.25, 0.3) is 5.91 Å². The Hall–Kier alpha value is -2.14. The van der Waals surface area contributed by atoms with E-state index >= 15 is 0 Å². The molecule has 0 heterocycles. The summed E-state index contributed by atoms with van der Waals surface area (Å²) in [5, 5.41) is 0. The molecular formula is C17H17BrN2O2. The van der Waals surface area contributed by atoms with E-state index in [0.29, 0.717) is 5.56 Å². The average Bonchev–Trinajstić information content (AvgIpc) is 2.53. The van der Waals surface area contributed by atoms with Gasteiger partial charge in [0.15, 0.2) is 0 Å².